The summed E-state index contributed by atoms with van der Waals surface area (Å²) in [6.45, 7) is 3.31. The van der Waals surface area contributed by atoms with E-state index in [0.717, 1.165) is 0 Å². The van der Waals surface area contributed by atoms with E-state index in [0.29, 0.717) is 10.6 Å². The van der Waals surface area contributed by atoms with Gasteiger partial charge in [-0.2, -0.15) is 0 Å². The zero-order valence-corrected chi connectivity index (χ0v) is 12.8. The molecule has 0 unspecified atom stereocenters. The van der Waals surface area contributed by atoms with Crippen LogP contribution in [0.25, 0.3) is 0 Å². The quantitative estimate of drug-likeness (QED) is 0.838. The highest BCUT2D eigenvalue weighted by atomic mass is 35.5. The molecule has 106 valence electrons. The van der Waals surface area contributed by atoms with Gasteiger partial charge in [0.25, 0.3) is 5.91 Å². The fraction of sp³-hybridized carbons (Fsp3) is 0.462. The molecule has 0 bridgehead atoms. The molecule has 0 heterocycles. The van der Waals surface area contributed by atoms with Gasteiger partial charge in [-0.15, -0.1) is 0 Å². The molecule has 0 radical (unpaired) electrons. The van der Waals surface area contributed by atoms with Crippen LogP contribution in [0.2, 0.25) is 5.02 Å². The molecule has 0 aliphatic rings. The summed E-state index contributed by atoms with van der Waals surface area (Å²) in [7, 11) is -1.53. The number of halogens is 1. The molecule has 6 heteroatoms. The maximum Gasteiger partial charge on any atom is 0.255 e. The normalized spacial score (nSPS) is 13.1. The largest absolute Gasteiger partial charge is 0.338 e. The van der Waals surface area contributed by atoms with Crippen molar-refractivity contribution in [2.75, 3.05) is 18.6 Å². The van der Waals surface area contributed by atoms with E-state index >= 15 is 0 Å². The Labute approximate surface area is 119 Å². The van der Waals surface area contributed by atoms with Crippen LogP contribution in [-0.4, -0.2) is 43.8 Å². The SMILES string of the molecule is CCS(=O)(=O)C[C@@H](C)N(C)C(=O)c1ccccc1Cl. The van der Waals surface area contributed by atoms with Crippen LogP contribution in [0, 0.1) is 0 Å². The van der Waals surface area contributed by atoms with Crippen molar-refractivity contribution in [3.8, 4) is 0 Å². The second-order valence-corrected chi connectivity index (χ2v) is 7.25. The van der Waals surface area contributed by atoms with E-state index in [1.54, 1.807) is 45.2 Å². The number of benzene rings is 1. The lowest BCUT2D eigenvalue weighted by atomic mass is 10.2. The van der Waals surface area contributed by atoms with Gasteiger partial charge in [0.15, 0.2) is 9.84 Å². The van der Waals surface area contributed by atoms with Gasteiger partial charge in [-0.3, -0.25) is 4.79 Å². The first-order valence-corrected chi connectivity index (χ1v) is 8.20. The van der Waals surface area contributed by atoms with E-state index in [9.17, 15) is 13.2 Å². The highest BCUT2D eigenvalue weighted by molar-refractivity contribution is 7.91. The van der Waals surface area contributed by atoms with Crippen LogP contribution in [0.5, 0.6) is 0 Å². The molecule has 1 aromatic carbocycles. The number of amides is 1. The summed E-state index contributed by atoms with van der Waals surface area (Å²) in [6, 6.07) is 6.33. The average molecular weight is 304 g/mol. The lowest BCUT2D eigenvalue weighted by Gasteiger charge is -2.25. The highest BCUT2D eigenvalue weighted by Crippen LogP contribution is 2.17. The Kier molecular flexibility index (Phi) is 5.38. The van der Waals surface area contributed by atoms with Crippen LogP contribution < -0.4 is 0 Å². The van der Waals surface area contributed by atoms with Crippen LogP contribution in [-0.2, 0) is 9.84 Å². The molecule has 4 nitrogen and oxygen atoms in total. The van der Waals surface area contributed by atoms with Gasteiger partial charge >= 0.3 is 0 Å². The zero-order chi connectivity index (χ0) is 14.6. The van der Waals surface area contributed by atoms with Crippen molar-refractivity contribution >= 4 is 27.3 Å². The van der Waals surface area contributed by atoms with Crippen LogP contribution in [0.15, 0.2) is 24.3 Å². The minimum Gasteiger partial charge on any atom is -0.338 e. The highest BCUT2D eigenvalue weighted by Gasteiger charge is 2.23. The van der Waals surface area contributed by atoms with Gasteiger partial charge in [0, 0.05) is 18.8 Å². The Morgan fingerprint density at radius 1 is 1.37 bits per heavy atom. The predicted octanol–water partition coefficient (Wildman–Crippen LogP) is 2.24. The summed E-state index contributed by atoms with van der Waals surface area (Å²) in [5.41, 5.74) is 0.382. The Hall–Kier alpha value is -1.07. The molecule has 0 aliphatic carbocycles. The maximum absolute atomic E-state index is 12.2. The number of hydrogen-bond acceptors (Lipinski definition) is 3. The van der Waals surface area contributed by atoms with Crippen molar-refractivity contribution in [3.05, 3.63) is 34.9 Å². The maximum atomic E-state index is 12.2. The molecule has 0 fully saturated rings. The molecule has 19 heavy (non-hydrogen) atoms. The number of nitrogens with zero attached hydrogens (tertiary/aromatic N) is 1. The van der Waals surface area contributed by atoms with Gasteiger partial charge in [0.1, 0.15) is 0 Å². The monoisotopic (exact) mass is 303 g/mol. The van der Waals surface area contributed by atoms with Gasteiger partial charge < -0.3 is 4.90 Å². The molecule has 1 atom stereocenters. The van der Waals surface area contributed by atoms with Gasteiger partial charge in [-0.25, -0.2) is 8.42 Å². The third-order valence-corrected chi connectivity index (χ3v) is 5.22. The summed E-state index contributed by atoms with van der Waals surface area (Å²) in [4.78, 5) is 13.6. The number of hydrogen-bond donors (Lipinski definition) is 0. The van der Waals surface area contributed by atoms with E-state index in [4.69, 9.17) is 11.6 Å². The Balaban J connectivity index is 2.86. The molecule has 0 aliphatic heterocycles. The second kappa shape index (κ2) is 6.39. The molecule has 1 rings (SSSR count). The first-order valence-electron chi connectivity index (χ1n) is 6.00. The van der Waals surface area contributed by atoms with Gasteiger partial charge in [-0.1, -0.05) is 30.7 Å². The predicted molar refractivity (Wildman–Crippen MR) is 77.3 cm³/mol. The molecule has 0 saturated carbocycles. The molecule has 0 spiro atoms. The molecule has 1 amide bonds. The fourth-order valence-corrected chi connectivity index (χ4v) is 3.03. The molecule has 0 N–H and O–H groups in total. The van der Waals surface area contributed by atoms with Crippen molar-refractivity contribution in [2.24, 2.45) is 0 Å². The van der Waals surface area contributed by atoms with Gasteiger partial charge in [0.2, 0.25) is 0 Å². The smallest absolute Gasteiger partial charge is 0.255 e. The summed E-state index contributed by atoms with van der Waals surface area (Å²) in [5, 5.41) is 0.366. The molecule has 1 aromatic rings. The van der Waals surface area contributed by atoms with Crippen molar-refractivity contribution in [1.82, 2.24) is 4.90 Å². The van der Waals surface area contributed by atoms with Crippen LogP contribution in [0.1, 0.15) is 24.2 Å². The Bertz CT molecular complexity index is 557. The fourth-order valence-electron chi connectivity index (χ4n) is 1.62. The van der Waals surface area contributed by atoms with Crippen LogP contribution in [0.3, 0.4) is 0 Å². The number of sulfone groups is 1. The first kappa shape index (κ1) is 16.0. The Morgan fingerprint density at radius 2 is 1.95 bits per heavy atom. The van der Waals surface area contributed by atoms with Crippen LogP contribution >= 0.6 is 11.6 Å². The zero-order valence-electron chi connectivity index (χ0n) is 11.3. The molecular weight excluding hydrogens is 286 g/mol. The number of carbonyl (C=O) groups is 1. The van der Waals surface area contributed by atoms with Crippen molar-refractivity contribution in [2.45, 2.75) is 19.9 Å². The average Bonchev–Trinajstić information content (AvgIpc) is 2.37. The molecular formula is C13H18ClNO3S. The third kappa shape index (κ3) is 4.21. The minimum absolute atomic E-state index is 0.0454. The third-order valence-electron chi connectivity index (χ3n) is 3.02. The van der Waals surface area contributed by atoms with E-state index < -0.39 is 15.9 Å². The standard InChI is InChI=1S/C13H18ClNO3S/c1-4-19(17,18)9-10(2)15(3)13(16)11-7-5-6-8-12(11)14/h5-8,10H,4,9H2,1-3H3/t10-/m1/s1. The summed E-state index contributed by atoms with van der Waals surface area (Å²) in [6.07, 6.45) is 0. The minimum atomic E-state index is -3.12. The number of carbonyl (C=O) groups excluding carboxylic acids is 1. The summed E-state index contributed by atoms with van der Waals surface area (Å²) < 4.78 is 23.2. The second-order valence-electron chi connectivity index (χ2n) is 4.44. The van der Waals surface area contributed by atoms with E-state index in [2.05, 4.69) is 0 Å². The first-order chi connectivity index (χ1) is 8.78. The van der Waals surface area contributed by atoms with Gasteiger partial charge in [0.05, 0.1) is 16.3 Å². The van der Waals surface area contributed by atoms with E-state index in [-0.39, 0.29) is 17.4 Å². The lowest BCUT2D eigenvalue weighted by Crippen LogP contribution is -2.39. The molecule has 0 aromatic heterocycles. The van der Waals surface area contributed by atoms with Crippen molar-refractivity contribution in [3.63, 3.8) is 0 Å². The van der Waals surface area contributed by atoms with E-state index in [1.807, 2.05) is 0 Å². The summed E-state index contributed by atoms with van der Waals surface area (Å²) in [5.74, 6) is -0.244. The topological polar surface area (TPSA) is 54.5 Å². The van der Waals surface area contributed by atoms with Gasteiger partial charge in [-0.05, 0) is 19.1 Å². The summed E-state index contributed by atoms with van der Waals surface area (Å²) >= 11 is 5.96. The molecule has 0 saturated heterocycles. The van der Waals surface area contributed by atoms with Crippen LogP contribution in [0.4, 0.5) is 0 Å². The Morgan fingerprint density at radius 3 is 2.47 bits per heavy atom. The van der Waals surface area contributed by atoms with Crippen molar-refractivity contribution < 1.29 is 13.2 Å². The lowest BCUT2D eigenvalue weighted by molar-refractivity contribution is 0.0757. The number of rotatable bonds is 5. The van der Waals surface area contributed by atoms with Crippen molar-refractivity contribution in [1.29, 1.82) is 0 Å². The van der Waals surface area contributed by atoms with E-state index in [1.165, 1.54) is 4.90 Å².